The van der Waals surface area contributed by atoms with E-state index in [4.69, 9.17) is 0 Å². The Bertz CT molecular complexity index is 547. The summed E-state index contributed by atoms with van der Waals surface area (Å²) in [4.78, 5) is 27.6. The van der Waals surface area contributed by atoms with Crippen molar-refractivity contribution in [3.05, 3.63) is 11.9 Å². The lowest BCUT2D eigenvalue weighted by atomic mass is 9.84. The van der Waals surface area contributed by atoms with Gasteiger partial charge < -0.3 is 14.7 Å². The van der Waals surface area contributed by atoms with Crippen molar-refractivity contribution < 1.29 is 4.79 Å². The van der Waals surface area contributed by atoms with Crippen LogP contribution in [0.4, 0.5) is 11.6 Å². The van der Waals surface area contributed by atoms with E-state index < -0.39 is 0 Å². The average molecular weight is 303 g/mol. The highest BCUT2D eigenvalue weighted by Crippen LogP contribution is 2.29. The van der Waals surface area contributed by atoms with Gasteiger partial charge in [-0.2, -0.15) is 0 Å². The predicted octanol–water partition coefficient (Wildman–Crippen LogP) is 1.30. The minimum Gasteiger partial charge on any atom is -0.363 e. The molecular weight excluding hydrogens is 278 g/mol. The molecule has 6 heteroatoms. The van der Waals surface area contributed by atoms with Gasteiger partial charge >= 0.3 is 0 Å². The summed E-state index contributed by atoms with van der Waals surface area (Å²) in [5, 5.41) is 0. The van der Waals surface area contributed by atoms with Gasteiger partial charge in [0.2, 0.25) is 5.91 Å². The Kier molecular flexibility index (Phi) is 4.18. The molecule has 0 unspecified atom stereocenters. The second kappa shape index (κ2) is 6.10. The van der Waals surface area contributed by atoms with E-state index in [1.54, 1.807) is 0 Å². The van der Waals surface area contributed by atoms with E-state index in [0.717, 1.165) is 56.5 Å². The second-order valence-corrected chi connectivity index (χ2v) is 6.47. The number of carbonyl (C=O) groups excluding carboxylic acids is 1. The fourth-order valence-corrected chi connectivity index (χ4v) is 3.00. The van der Waals surface area contributed by atoms with E-state index in [0.29, 0.717) is 11.8 Å². The average Bonchev–Trinajstić information content (AvgIpc) is 2.45. The zero-order valence-corrected chi connectivity index (χ0v) is 13.7. The number of aromatic nitrogens is 2. The van der Waals surface area contributed by atoms with Gasteiger partial charge in [0.25, 0.3) is 0 Å². The molecule has 1 amide bonds. The molecule has 0 atom stereocenters. The number of amides is 1. The zero-order chi connectivity index (χ0) is 15.7. The molecule has 1 aliphatic heterocycles. The van der Waals surface area contributed by atoms with Crippen LogP contribution in [0.3, 0.4) is 0 Å². The quantitative estimate of drug-likeness (QED) is 0.842. The van der Waals surface area contributed by atoms with Crippen molar-refractivity contribution in [3.8, 4) is 0 Å². The summed E-state index contributed by atoms with van der Waals surface area (Å²) < 4.78 is 0. The standard InChI is InChI=1S/C16H25N5O/c1-12-17-14(19(2)3)11-15(18-12)20-7-9-21(10-8-20)16(22)13-5-4-6-13/h11,13H,4-10H2,1-3H3. The van der Waals surface area contributed by atoms with Crippen LogP contribution in [0.1, 0.15) is 25.1 Å². The lowest BCUT2D eigenvalue weighted by Gasteiger charge is -2.38. The van der Waals surface area contributed by atoms with Crippen LogP contribution in [0.25, 0.3) is 0 Å². The molecule has 0 aromatic carbocycles. The highest BCUT2D eigenvalue weighted by atomic mass is 16.2. The summed E-state index contributed by atoms with van der Waals surface area (Å²) in [5.74, 6) is 3.34. The second-order valence-electron chi connectivity index (χ2n) is 6.47. The summed E-state index contributed by atoms with van der Waals surface area (Å²) >= 11 is 0. The van der Waals surface area contributed by atoms with E-state index in [-0.39, 0.29) is 0 Å². The molecule has 0 N–H and O–H groups in total. The maximum atomic E-state index is 12.3. The highest BCUT2D eigenvalue weighted by Gasteiger charge is 2.31. The summed E-state index contributed by atoms with van der Waals surface area (Å²) in [6.45, 7) is 5.22. The number of anilines is 2. The minimum atomic E-state index is 0.299. The highest BCUT2D eigenvalue weighted by molar-refractivity contribution is 5.79. The van der Waals surface area contributed by atoms with Gasteiger partial charge in [-0.15, -0.1) is 0 Å². The summed E-state index contributed by atoms with van der Waals surface area (Å²) in [6, 6.07) is 2.02. The van der Waals surface area contributed by atoms with Gasteiger partial charge in [0.05, 0.1) is 0 Å². The van der Waals surface area contributed by atoms with Crippen molar-refractivity contribution in [1.82, 2.24) is 14.9 Å². The van der Waals surface area contributed by atoms with Crippen LogP contribution in [-0.4, -0.2) is 61.0 Å². The number of nitrogens with zero attached hydrogens (tertiary/aromatic N) is 5. The molecular formula is C16H25N5O. The number of piperazine rings is 1. The molecule has 0 bridgehead atoms. The Labute approximate surface area is 132 Å². The normalized spacial score (nSPS) is 19.0. The third kappa shape index (κ3) is 3.00. The molecule has 22 heavy (non-hydrogen) atoms. The molecule has 120 valence electrons. The molecule has 0 radical (unpaired) electrons. The topological polar surface area (TPSA) is 52.6 Å². The van der Waals surface area contributed by atoms with Gasteiger partial charge in [-0.1, -0.05) is 6.42 Å². The Morgan fingerprint density at radius 2 is 1.86 bits per heavy atom. The van der Waals surface area contributed by atoms with Crippen molar-refractivity contribution in [2.45, 2.75) is 26.2 Å². The summed E-state index contributed by atoms with van der Waals surface area (Å²) in [5.41, 5.74) is 0. The minimum absolute atomic E-state index is 0.299. The van der Waals surface area contributed by atoms with Crippen LogP contribution < -0.4 is 9.80 Å². The van der Waals surface area contributed by atoms with Gasteiger partial charge in [0, 0.05) is 52.3 Å². The lowest BCUT2D eigenvalue weighted by molar-refractivity contribution is -0.138. The predicted molar refractivity (Wildman–Crippen MR) is 87.2 cm³/mol. The van der Waals surface area contributed by atoms with Crippen LogP contribution in [0.5, 0.6) is 0 Å². The van der Waals surface area contributed by atoms with Crippen LogP contribution in [0.15, 0.2) is 6.07 Å². The van der Waals surface area contributed by atoms with Crippen molar-refractivity contribution in [2.24, 2.45) is 5.92 Å². The Hall–Kier alpha value is -1.85. The summed E-state index contributed by atoms with van der Waals surface area (Å²) in [7, 11) is 3.97. The van der Waals surface area contributed by atoms with Crippen molar-refractivity contribution in [2.75, 3.05) is 50.1 Å². The molecule has 1 aromatic heterocycles. The number of carbonyl (C=O) groups is 1. The zero-order valence-electron chi connectivity index (χ0n) is 13.7. The van der Waals surface area contributed by atoms with Crippen molar-refractivity contribution in [3.63, 3.8) is 0 Å². The maximum Gasteiger partial charge on any atom is 0.225 e. The summed E-state index contributed by atoms with van der Waals surface area (Å²) in [6.07, 6.45) is 3.37. The Morgan fingerprint density at radius 3 is 2.41 bits per heavy atom. The third-order valence-electron chi connectivity index (χ3n) is 4.64. The van der Waals surface area contributed by atoms with Gasteiger partial charge in [-0.3, -0.25) is 4.79 Å². The van der Waals surface area contributed by atoms with E-state index in [2.05, 4.69) is 14.9 Å². The fraction of sp³-hybridized carbons (Fsp3) is 0.688. The number of hydrogen-bond acceptors (Lipinski definition) is 5. The molecule has 2 heterocycles. The maximum absolute atomic E-state index is 12.3. The third-order valence-corrected chi connectivity index (χ3v) is 4.64. The first-order valence-electron chi connectivity index (χ1n) is 8.11. The molecule has 6 nitrogen and oxygen atoms in total. The Balaban J connectivity index is 1.64. The SMILES string of the molecule is Cc1nc(N(C)C)cc(N2CCN(C(=O)C3CCC3)CC2)n1. The van der Waals surface area contributed by atoms with E-state index in [1.165, 1.54) is 6.42 Å². The van der Waals surface area contributed by atoms with Crippen molar-refractivity contribution in [1.29, 1.82) is 0 Å². The van der Waals surface area contributed by atoms with E-state index in [1.807, 2.05) is 36.9 Å². The molecule has 1 aliphatic carbocycles. The van der Waals surface area contributed by atoms with Crippen LogP contribution in [0, 0.1) is 12.8 Å². The van der Waals surface area contributed by atoms with Gasteiger partial charge in [0.15, 0.2) is 0 Å². The van der Waals surface area contributed by atoms with Crippen LogP contribution in [0.2, 0.25) is 0 Å². The molecule has 1 saturated heterocycles. The van der Waals surface area contributed by atoms with Gasteiger partial charge in [-0.25, -0.2) is 9.97 Å². The molecule has 1 saturated carbocycles. The van der Waals surface area contributed by atoms with Gasteiger partial charge in [0.1, 0.15) is 17.5 Å². The molecule has 3 rings (SSSR count). The van der Waals surface area contributed by atoms with Crippen LogP contribution >= 0.6 is 0 Å². The monoisotopic (exact) mass is 303 g/mol. The number of aryl methyl sites for hydroxylation is 1. The first-order chi connectivity index (χ1) is 10.5. The lowest BCUT2D eigenvalue weighted by Crippen LogP contribution is -2.51. The molecule has 0 spiro atoms. The number of hydrogen-bond donors (Lipinski definition) is 0. The Morgan fingerprint density at radius 1 is 1.18 bits per heavy atom. The fourth-order valence-electron chi connectivity index (χ4n) is 3.00. The van der Waals surface area contributed by atoms with E-state index >= 15 is 0 Å². The first kappa shape index (κ1) is 15.1. The first-order valence-corrected chi connectivity index (χ1v) is 8.11. The smallest absolute Gasteiger partial charge is 0.225 e. The molecule has 2 fully saturated rings. The largest absolute Gasteiger partial charge is 0.363 e. The van der Waals surface area contributed by atoms with Gasteiger partial charge in [-0.05, 0) is 19.8 Å². The van der Waals surface area contributed by atoms with Crippen molar-refractivity contribution >= 4 is 17.5 Å². The van der Waals surface area contributed by atoms with Crippen LogP contribution in [-0.2, 0) is 4.79 Å². The molecule has 1 aromatic rings. The number of rotatable bonds is 3. The van der Waals surface area contributed by atoms with E-state index in [9.17, 15) is 4.79 Å². The molecule has 2 aliphatic rings.